The van der Waals surface area contributed by atoms with Crippen LogP contribution in [-0.4, -0.2) is 25.0 Å². The lowest BCUT2D eigenvalue weighted by atomic mass is 9.87. The summed E-state index contributed by atoms with van der Waals surface area (Å²) in [5, 5.41) is 0. The Kier molecular flexibility index (Phi) is 4.36. The first kappa shape index (κ1) is 13.5. The molecule has 0 saturated carbocycles. The van der Waals surface area contributed by atoms with E-state index in [0.717, 1.165) is 24.1 Å². The van der Waals surface area contributed by atoms with Crippen LogP contribution in [0.1, 0.15) is 36.4 Å². The van der Waals surface area contributed by atoms with Crippen LogP contribution in [0.2, 0.25) is 0 Å². The fraction of sp³-hybridized carbons (Fsp3) is 0.600. The van der Waals surface area contributed by atoms with Crippen LogP contribution in [0, 0.1) is 18.7 Å². The van der Waals surface area contributed by atoms with Crippen LogP contribution in [0.15, 0.2) is 18.2 Å². The van der Waals surface area contributed by atoms with E-state index in [1.165, 1.54) is 18.9 Å². The van der Waals surface area contributed by atoms with Gasteiger partial charge in [0.1, 0.15) is 5.82 Å². The first-order valence-corrected chi connectivity index (χ1v) is 6.80. The Labute approximate surface area is 109 Å². The first-order valence-electron chi connectivity index (χ1n) is 6.80. The van der Waals surface area contributed by atoms with Crippen molar-refractivity contribution in [1.29, 1.82) is 0 Å². The minimum atomic E-state index is -0.149. The molecule has 1 fully saturated rings. The van der Waals surface area contributed by atoms with Crippen LogP contribution in [0.4, 0.5) is 4.39 Å². The van der Waals surface area contributed by atoms with Gasteiger partial charge in [0.05, 0.1) is 0 Å². The molecule has 0 bridgehead atoms. The molecule has 0 aromatic heterocycles. The number of nitrogens with zero attached hydrogens (tertiary/aromatic N) is 1. The maximum Gasteiger partial charge on any atom is 0.123 e. The Morgan fingerprint density at radius 2 is 2.17 bits per heavy atom. The average molecular weight is 250 g/mol. The molecule has 2 rings (SSSR count). The van der Waals surface area contributed by atoms with Gasteiger partial charge in [-0.2, -0.15) is 0 Å². The average Bonchev–Trinajstić information content (AvgIpc) is 2.54. The fourth-order valence-corrected chi connectivity index (χ4v) is 3.09. The first-order chi connectivity index (χ1) is 8.63. The summed E-state index contributed by atoms with van der Waals surface area (Å²) >= 11 is 0. The van der Waals surface area contributed by atoms with Gasteiger partial charge >= 0.3 is 0 Å². The van der Waals surface area contributed by atoms with Crippen LogP contribution in [-0.2, 0) is 0 Å². The van der Waals surface area contributed by atoms with Crippen molar-refractivity contribution in [1.82, 2.24) is 4.90 Å². The lowest BCUT2D eigenvalue weighted by molar-refractivity contribution is 0.195. The summed E-state index contributed by atoms with van der Waals surface area (Å²) < 4.78 is 13.5. The molecule has 100 valence electrons. The van der Waals surface area contributed by atoms with E-state index >= 15 is 0 Å². The van der Waals surface area contributed by atoms with Crippen LogP contribution >= 0.6 is 0 Å². The van der Waals surface area contributed by atoms with Crippen LogP contribution in [0.25, 0.3) is 0 Å². The summed E-state index contributed by atoms with van der Waals surface area (Å²) in [7, 11) is 2.13. The highest BCUT2D eigenvalue weighted by molar-refractivity contribution is 5.30. The molecule has 0 spiro atoms. The summed E-state index contributed by atoms with van der Waals surface area (Å²) in [5.41, 5.74) is 8.20. The number of benzene rings is 1. The van der Waals surface area contributed by atoms with Crippen molar-refractivity contribution in [3.05, 3.63) is 35.1 Å². The van der Waals surface area contributed by atoms with Gasteiger partial charge in [-0.1, -0.05) is 12.5 Å². The molecule has 18 heavy (non-hydrogen) atoms. The van der Waals surface area contributed by atoms with E-state index < -0.39 is 0 Å². The molecule has 3 heteroatoms. The molecule has 1 saturated heterocycles. The Morgan fingerprint density at radius 3 is 2.89 bits per heavy atom. The highest BCUT2D eigenvalue weighted by Crippen LogP contribution is 2.35. The largest absolute Gasteiger partial charge is 0.330 e. The van der Waals surface area contributed by atoms with E-state index in [9.17, 15) is 4.39 Å². The molecule has 1 heterocycles. The van der Waals surface area contributed by atoms with Crippen molar-refractivity contribution in [3.63, 3.8) is 0 Å². The summed E-state index contributed by atoms with van der Waals surface area (Å²) in [5.74, 6) is 0.280. The summed E-state index contributed by atoms with van der Waals surface area (Å²) in [6.45, 7) is 3.79. The summed E-state index contributed by atoms with van der Waals surface area (Å²) in [4.78, 5) is 2.34. The number of aryl methyl sites for hydroxylation is 1. The van der Waals surface area contributed by atoms with Crippen molar-refractivity contribution in [3.8, 4) is 0 Å². The van der Waals surface area contributed by atoms with Crippen molar-refractivity contribution in [2.75, 3.05) is 20.1 Å². The normalized spacial score (nSPS) is 26.0. The zero-order valence-corrected chi connectivity index (χ0v) is 11.3. The van der Waals surface area contributed by atoms with E-state index in [-0.39, 0.29) is 11.9 Å². The lowest BCUT2D eigenvalue weighted by Crippen LogP contribution is -2.33. The molecule has 2 N–H and O–H groups in total. The van der Waals surface area contributed by atoms with Crippen molar-refractivity contribution in [2.45, 2.75) is 32.2 Å². The van der Waals surface area contributed by atoms with Crippen molar-refractivity contribution < 1.29 is 4.39 Å². The van der Waals surface area contributed by atoms with Gasteiger partial charge in [-0.05, 0) is 69.1 Å². The molecule has 0 radical (unpaired) electrons. The smallest absolute Gasteiger partial charge is 0.123 e. The molecule has 2 unspecified atom stereocenters. The Hall–Kier alpha value is -0.930. The number of halogens is 1. The zero-order chi connectivity index (χ0) is 13.1. The number of hydrogen-bond acceptors (Lipinski definition) is 2. The van der Waals surface area contributed by atoms with Crippen molar-refractivity contribution in [2.24, 2.45) is 11.7 Å². The van der Waals surface area contributed by atoms with Crippen molar-refractivity contribution >= 4 is 0 Å². The molecule has 2 atom stereocenters. The van der Waals surface area contributed by atoms with Gasteiger partial charge in [0.15, 0.2) is 0 Å². The predicted octanol–water partition coefficient (Wildman–Crippen LogP) is 2.87. The molecule has 0 amide bonds. The van der Waals surface area contributed by atoms with Gasteiger partial charge in [0.2, 0.25) is 0 Å². The quantitative estimate of drug-likeness (QED) is 0.874. The van der Waals surface area contributed by atoms with Gasteiger partial charge < -0.3 is 5.73 Å². The molecular formula is C15H23FN2. The lowest BCUT2D eigenvalue weighted by Gasteiger charge is -2.33. The highest BCUT2D eigenvalue weighted by Gasteiger charge is 2.29. The maximum atomic E-state index is 13.5. The minimum absolute atomic E-state index is 0.149. The number of rotatable bonds is 2. The van der Waals surface area contributed by atoms with Crippen LogP contribution in [0.5, 0.6) is 0 Å². The molecule has 2 nitrogen and oxygen atoms in total. The second-order valence-corrected chi connectivity index (χ2v) is 5.42. The minimum Gasteiger partial charge on any atom is -0.330 e. The Bertz CT molecular complexity index is 405. The van der Waals surface area contributed by atoms with Gasteiger partial charge in [0.25, 0.3) is 0 Å². The van der Waals surface area contributed by atoms with Gasteiger partial charge in [0, 0.05) is 6.04 Å². The Morgan fingerprint density at radius 1 is 1.39 bits per heavy atom. The fourth-order valence-electron chi connectivity index (χ4n) is 3.09. The third-order valence-electron chi connectivity index (χ3n) is 4.12. The maximum absolute atomic E-state index is 13.5. The second kappa shape index (κ2) is 5.81. The number of hydrogen-bond donors (Lipinski definition) is 1. The molecular weight excluding hydrogens is 227 g/mol. The molecule has 0 aliphatic carbocycles. The van der Waals surface area contributed by atoms with Gasteiger partial charge in [-0.25, -0.2) is 4.39 Å². The van der Waals surface area contributed by atoms with E-state index in [1.54, 1.807) is 6.07 Å². The SMILES string of the molecule is Cc1ccc(F)cc1C1C(CN)CCCCN1C. The molecule has 1 aliphatic rings. The van der Waals surface area contributed by atoms with E-state index in [0.29, 0.717) is 12.5 Å². The van der Waals surface area contributed by atoms with Gasteiger partial charge in [-0.15, -0.1) is 0 Å². The van der Waals surface area contributed by atoms with Crippen LogP contribution in [0.3, 0.4) is 0 Å². The van der Waals surface area contributed by atoms with E-state index in [2.05, 4.69) is 18.9 Å². The number of likely N-dealkylation sites (tertiary alicyclic amines) is 1. The Balaban J connectivity index is 2.39. The second-order valence-electron chi connectivity index (χ2n) is 5.42. The topological polar surface area (TPSA) is 29.3 Å². The third-order valence-corrected chi connectivity index (χ3v) is 4.12. The molecule has 1 aliphatic heterocycles. The highest BCUT2D eigenvalue weighted by atomic mass is 19.1. The predicted molar refractivity (Wildman–Crippen MR) is 72.9 cm³/mol. The summed E-state index contributed by atoms with van der Waals surface area (Å²) in [6.07, 6.45) is 3.57. The molecule has 1 aromatic carbocycles. The number of nitrogens with two attached hydrogens (primary N) is 1. The van der Waals surface area contributed by atoms with E-state index in [4.69, 9.17) is 5.73 Å². The third kappa shape index (κ3) is 2.73. The zero-order valence-electron chi connectivity index (χ0n) is 11.3. The molecule has 1 aromatic rings. The van der Waals surface area contributed by atoms with Gasteiger partial charge in [-0.3, -0.25) is 4.90 Å². The standard InChI is InChI=1S/C15H23FN2/c1-11-6-7-13(16)9-14(11)15-12(10-17)5-3-4-8-18(15)2/h6-7,9,12,15H,3-5,8,10,17H2,1-2H3. The van der Waals surface area contributed by atoms with E-state index in [1.807, 2.05) is 6.07 Å². The summed E-state index contributed by atoms with van der Waals surface area (Å²) in [6, 6.07) is 5.35. The monoisotopic (exact) mass is 250 g/mol. The van der Waals surface area contributed by atoms with Crippen LogP contribution < -0.4 is 5.73 Å².